The average Bonchev–Trinajstić information content (AvgIpc) is 2.81. The lowest BCUT2D eigenvalue weighted by molar-refractivity contribution is 0.889. The third-order valence-corrected chi connectivity index (χ3v) is 5.77. The second-order valence-corrected chi connectivity index (χ2v) is 7.51. The van der Waals surface area contributed by atoms with Gasteiger partial charge in [0, 0.05) is 34.2 Å². The Morgan fingerprint density at radius 1 is 0.633 bits per heavy atom. The molecule has 0 aliphatic rings. The van der Waals surface area contributed by atoms with Crippen LogP contribution in [0.1, 0.15) is 0 Å². The summed E-state index contributed by atoms with van der Waals surface area (Å²) in [5.74, 6) is 0.692. The lowest BCUT2D eigenvalue weighted by atomic mass is 9.95. The van der Waals surface area contributed by atoms with Gasteiger partial charge in [-0.3, -0.25) is 4.79 Å². The van der Waals surface area contributed by atoms with E-state index in [2.05, 4.69) is 6.07 Å². The van der Waals surface area contributed by atoms with E-state index in [9.17, 15) is 4.79 Å². The van der Waals surface area contributed by atoms with E-state index in [0.717, 1.165) is 44.0 Å². The molecule has 4 aromatic carbocycles. The van der Waals surface area contributed by atoms with Crippen molar-refractivity contribution in [3.8, 4) is 22.6 Å². The quantitative estimate of drug-likeness (QED) is 0.373. The molecule has 0 spiro atoms. The molecule has 4 heteroatoms. The van der Waals surface area contributed by atoms with Crippen LogP contribution in [0.2, 0.25) is 0 Å². The number of hydrogen-bond donors (Lipinski definition) is 0. The summed E-state index contributed by atoms with van der Waals surface area (Å²) in [7, 11) is 1.84. The first-order chi connectivity index (χ1) is 14.7. The molecular weight excluding hydrogens is 370 g/mol. The van der Waals surface area contributed by atoms with Crippen LogP contribution in [0.15, 0.2) is 89.7 Å². The van der Waals surface area contributed by atoms with Crippen molar-refractivity contribution < 1.29 is 0 Å². The Hall–Kier alpha value is -4.05. The predicted molar refractivity (Wildman–Crippen MR) is 122 cm³/mol. The first kappa shape index (κ1) is 16.9. The molecule has 142 valence electrons. The fourth-order valence-corrected chi connectivity index (χ4v) is 4.40. The van der Waals surface area contributed by atoms with Gasteiger partial charge in [-0.15, -0.1) is 0 Å². The summed E-state index contributed by atoms with van der Waals surface area (Å²) in [4.78, 5) is 22.9. The average molecular weight is 387 g/mol. The maximum absolute atomic E-state index is 13.2. The van der Waals surface area contributed by atoms with E-state index >= 15 is 0 Å². The highest BCUT2D eigenvalue weighted by atomic mass is 16.1. The standard InChI is InChI=1S/C26H17N3O/c1-29-24(16-8-4-2-5-9-16)18-12-14-20-23-21(15-13-19(22(18)23)26(29)30)28-25(27-20)17-10-6-3-7-11-17/h2-15H,1H3. The SMILES string of the molecule is Cn1c(-c2ccccc2)c2ccc3nc(-c4ccccc4)nc4ccc(c1=O)c2c34. The van der Waals surface area contributed by atoms with Gasteiger partial charge >= 0.3 is 0 Å². The van der Waals surface area contributed by atoms with E-state index in [1.54, 1.807) is 4.57 Å². The van der Waals surface area contributed by atoms with E-state index < -0.39 is 0 Å². The molecule has 0 N–H and O–H groups in total. The Morgan fingerprint density at radius 3 is 1.83 bits per heavy atom. The number of nitrogens with zero attached hydrogens (tertiary/aromatic N) is 3. The van der Waals surface area contributed by atoms with Gasteiger partial charge in [-0.2, -0.15) is 0 Å². The minimum atomic E-state index is -0.0112. The van der Waals surface area contributed by atoms with Crippen molar-refractivity contribution in [2.75, 3.05) is 0 Å². The third-order valence-electron chi connectivity index (χ3n) is 5.77. The van der Waals surface area contributed by atoms with Gasteiger partial charge < -0.3 is 4.57 Å². The van der Waals surface area contributed by atoms with Gasteiger partial charge in [0.05, 0.1) is 16.7 Å². The molecular formula is C26H17N3O. The van der Waals surface area contributed by atoms with Crippen molar-refractivity contribution in [1.29, 1.82) is 0 Å². The van der Waals surface area contributed by atoms with E-state index in [0.29, 0.717) is 11.2 Å². The second-order valence-electron chi connectivity index (χ2n) is 7.51. The van der Waals surface area contributed by atoms with Gasteiger partial charge in [0.1, 0.15) is 0 Å². The topological polar surface area (TPSA) is 47.8 Å². The van der Waals surface area contributed by atoms with E-state index in [1.807, 2.05) is 85.9 Å². The summed E-state index contributed by atoms with van der Waals surface area (Å²) in [5, 5.41) is 3.61. The third kappa shape index (κ3) is 2.31. The Kier molecular flexibility index (Phi) is 3.50. The lowest BCUT2D eigenvalue weighted by Gasteiger charge is -2.17. The van der Waals surface area contributed by atoms with Gasteiger partial charge in [0.25, 0.3) is 5.56 Å². The smallest absolute Gasteiger partial charge is 0.258 e. The minimum absolute atomic E-state index is 0.0112. The molecule has 0 saturated carbocycles. The molecule has 2 aromatic heterocycles. The Bertz CT molecular complexity index is 1580. The zero-order chi connectivity index (χ0) is 20.2. The molecule has 0 amide bonds. The number of pyridine rings is 1. The maximum atomic E-state index is 13.2. The highest BCUT2D eigenvalue weighted by Crippen LogP contribution is 2.37. The fraction of sp³-hybridized carbons (Fsp3) is 0.0385. The molecule has 6 aromatic rings. The van der Waals surface area contributed by atoms with E-state index in [4.69, 9.17) is 9.97 Å². The second kappa shape index (κ2) is 6.22. The fourth-order valence-electron chi connectivity index (χ4n) is 4.40. The zero-order valence-corrected chi connectivity index (χ0v) is 16.3. The summed E-state index contributed by atoms with van der Waals surface area (Å²) in [6, 6.07) is 28.0. The molecule has 0 bridgehead atoms. The van der Waals surface area contributed by atoms with Crippen LogP contribution < -0.4 is 5.56 Å². The van der Waals surface area contributed by atoms with Crippen LogP contribution in [0.4, 0.5) is 0 Å². The van der Waals surface area contributed by atoms with Crippen LogP contribution in [0.25, 0.3) is 55.2 Å². The van der Waals surface area contributed by atoms with Gasteiger partial charge in [0.15, 0.2) is 5.82 Å². The van der Waals surface area contributed by atoms with Crippen LogP contribution in [0.3, 0.4) is 0 Å². The molecule has 0 atom stereocenters. The molecule has 2 heterocycles. The van der Waals surface area contributed by atoms with Crippen molar-refractivity contribution in [2.45, 2.75) is 0 Å². The monoisotopic (exact) mass is 387 g/mol. The van der Waals surface area contributed by atoms with Crippen molar-refractivity contribution in [3.63, 3.8) is 0 Å². The number of hydrogen-bond acceptors (Lipinski definition) is 3. The first-order valence-corrected chi connectivity index (χ1v) is 9.89. The van der Waals surface area contributed by atoms with Gasteiger partial charge in [-0.25, -0.2) is 9.97 Å². The van der Waals surface area contributed by atoms with Crippen LogP contribution in [0, 0.1) is 0 Å². The number of benzene rings is 4. The summed E-state index contributed by atoms with van der Waals surface area (Å²) in [5.41, 5.74) is 4.59. The molecule has 0 aliphatic heterocycles. The van der Waals surface area contributed by atoms with Gasteiger partial charge in [-0.1, -0.05) is 66.7 Å². The predicted octanol–water partition coefficient (Wildman–Crippen LogP) is 5.41. The Labute approximate surface area is 172 Å². The summed E-state index contributed by atoms with van der Waals surface area (Å²) >= 11 is 0. The van der Waals surface area contributed by atoms with Crippen LogP contribution in [-0.4, -0.2) is 14.5 Å². The van der Waals surface area contributed by atoms with Crippen molar-refractivity contribution in [1.82, 2.24) is 14.5 Å². The van der Waals surface area contributed by atoms with Crippen molar-refractivity contribution in [3.05, 3.63) is 95.3 Å². The minimum Gasteiger partial charge on any atom is -0.310 e. The van der Waals surface area contributed by atoms with Crippen molar-refractivity contribution >= 4 is 32.6 Å². The molecule has 6 rings (SSSR count). The molecule has 0 fully saturated rings. The number of rotatable bonds is 2. The summed E-state index contributed by atoms with van der Waals surface area (Å²) < 4.78 is 1.74. The zero-order valence-electron chi connectivity index (χ0n) is 16.3. The normalized spacial score (nSPS) is 11.6. The highest BCUT2D eigenvalue weighted by Gasteiger charge is 2.19. The molecule has 0 unspecified atom stereocenters. The van der Waals surface area contributed by atoms with Crippen molar-refractivity contribution in [2.24, 2.45) is 7.05 Å². The molecule has 4 nitrogen and oxygen atoms in total. The van der Waals surface area contributed by atoms with Crippen LogP contribution >= 0.6 is 0 Å². The first-order valence-electron chi connectivity index (χ1n) is 9.89. The largest absolute Gasteiger partial charge is 0.310 e. The van der Waals surface area contributed by atoms with Crippen LogP contribution in [-0.2, 0) is 7.05 Å². The molecule has 0 aliphatic carbocycles. The Balaban J connectivity index is 1.77. The molecule has 30 heavy (non-hydrogen) atoms. The maximum Gasteiger partial charge on any atom is 0.258 e. The summed E-state index contributed by atoms with van der Waals surface area (Å²) in [6.45, 7) is 0. The lowest BCUT2D eigenvalue weighted by Crippen LogP contribution is -2.19. The van der Waals surface area contributed by atoms with Gasteiger partial charge in [-0.05, 0) is 23.8 Å². The van der Waals surface area contributed by atoms with E-state index in [1.165, 1.54) is 0 Å². The molecule has 0 saturated heterocycles. The van der Waals surface area contributed by atoms with Gasteiger partial charge in [0.2, 0.25) is 0 Å². The Morgan fingerprint density at radius 2 is 1.20 bits per heavy atom. The number of aromatic nitrogens is 3. The summed E-state index contributed by atoms with van der Waals surface area (Å²) in [6.07, 6.45) is 0. The highest BCUT2D eigenvalue weighted by molar-refractivity contribution is 6.23. The van der Waals surface area contributed by atoms with Crippen LogP contribution in [0.5, 0.6) is 0 Å². The van der Waals surface area contributed by atoms with E-state index in [-0.39, 0.29) is 5.56 Å². The molecule has 0 radical (unpaired) electrons.